The van der Waals surface area contributed by atoms with E-state index in [1.807, 2.05) is 42.5 Å². The Kier molecular flexibility index (Phi) is 5.87. The molecule has 0 amide bonds. The number of aromatic amines is 1. The second-order valence-corrected chi connectivity index (χ2v) is 8.34. The molecule has 0 spiro atoms. The Bertz CT molecular complexity index is 1530. The monoisotopic (exact) mass is 470 g/mol. The second-order valence-electron chi connectivity index (χ2n) is 7.94. The molecule has 5 rings (SSSR count). The molecule has 0 aliphatic carbocycles. The molecule has 0 saturated carbocycles. The summed E-state index contributed by atoms with van der Waals surface area (Å²) in [6.07, 6.45) is 2.11. The zero-order valence-electron chi connectivity index (χ0n) is 18.4. The van der Waals surface area contributed by atoms with Crippen molar-refractivity contribution in [3.8, 4) is 34.3 Å². The molecule has 5 aromatic rings. The van der Waals surface area contributed by atoms with Crippen LogP contribution in [0.2, 0.25) is 5.02 Å². The average molecular weight is 471 g/mol. The third kappa shape index (κ3) is 3.95. The van der Waals surface area contributed by atoms with Crippen LogP contribution in [0.3, 0.4) is 0 Å². The Hall–Kier alpha value is -3.95. The minimum Gasteiger partial charge on any atom is -0.494 e. The highest BCUT2D eigenvalue weighted by atomic mass is 35.5. The fourth-order valence-corrected chi connectivity index (χ4v) is 4.17. The van der Waals surface area contributed by atoms with E-state index >= 15 is 0 Å². The summed E-state index contributed by atoms with van der Waals surface area (Å²) in [5.74, 6) is 0.596. The molecule has 0 unspecified atom stereocenters. The van der Waals surface area contributed by atoms with Crippen LogP contribution >= 0.6 is 11.6 Å². The molecule has 3 aromatic carbocycles. The number of H-pyrrole nitrogens is 1. The number of imidazole rings is 1. The van der Waals surface area contributed by atoms with Gasteiger partial charge in [0.25, 0.3) is 0 Å². The Balaban J connectivity index is 1.58. The van der Waals surface area contributed by atoms with Crippen molar-refractivity contribution >= 4 is 33.5 Å². The fourth-order valence-electron chi connectivity index (χ4n) is 3.92. The number of nitrogens with zero attached hydrogens (tertiary/aromatic N) is 3. The first-order valence-electron chi connectivity index (χ1n) is 11.0. The van der Waals surface area contributed by atoms with Crippen LogP contribution in [0.15, 0.2) is 60.7 Å². The van der Waals surface area contributed by atoms with Crippen LogP contribution in [0, 0.1) is 17.1 Å². The molecule has 0 aliphatic rings. The number of nitriles is 1. The van der Waals surface area contributed by atoms with Crippen LogP contribution < -0.4 is 4.74 Å². The first-order chi connectivity index (χ1) is 16.6. The SMILES string of the molecule is CCCCOc1ccc(-c2ccc3c(c2)nc(C#N)c2[nH]c(-c4c(F)cccc4Cl)nc23)cc1. The molecule has 0 saturated heterocycles. The van der Waals surface area contributed by atoms with Gasteiger partial charge in [0.05, 0.1) is 22.7 Å². The topological polar surface area (TPSA) is 74.6 Å². The summed E-state index contributed by atoms with van der Waals surface area (Å²) in [6, 6.07) is 20.3. The Morgan fingerprint density at radius 1 is 1.06 bits per heavy atom. The van der Waals surface area contributed by atoms with E-state index < -0.39 is 5.82 Å². The third-order valence-corrected chi connectivity index (χ3v) is 6.00. The van der Waals surface area contributed by atoms with Gasteiger partial charge in [-0.05, 0) is 53.9 Å². The Morgan fingerprint density at radius 3 is 2.59 bits per heavy atom. The number of aromatic nitrogens is 3. The van der Waals surface area contributed by atoms with E-state index in [1.165, 1.54) is 12.1 Å². The number of pyridine rings is 1. The summed E-state index contributed by atoms with van der Waals surface area (Å²) in [5, 5.41) is 10.7. The number of rotatable bonds is 6. The fraction of sp³-hybridized carbons (Fsp3) is 0.148. The first kappa shape index (κ1) is 21.9. The van der Waals surface area contributed by atoms with Crippen molar-refractivity contribution in [2.75, 3.05) is 6.61 Å². The van der Waals surface area contributed by atoms with Crippen LogP contribution in [0.4, 0.5) is 4.39 Å². The van der Waals surface area contributed by atoms with Crippen molar-refractivity contribution in [2.24, 2.45) is 0 Å². The van der Waals surface area contributed by atoms with E-state index in [4.69, 9.17) is 16.3 Å². The molecule has 2 aromatic heterocycles. The Morgan fingerprint density at radius 2 is 1.85 bits per heavy atom. The van der Waals surface area contributed by atoms with Crippen LogP contribution in [0.1, 0.15) is 25.5 Å². The van der Waals surface area contributed by atoms with Gasteiger partial charge in [-0.15, -0.1) is 0 Å². The zero-order chi connectivity index (χ0) is 23.7. The van der Waals surface area contributed by atoms with Crippen molar-refractivity contribution in [3.05, 3.63) is 77.2 Å². The van der Waals surface area contributed by atoms with Crippen molar-refractivity contribution in [3.63, 3.8) is 0 Å². The molecule has 34 heavy (non-hydrogen) atoms. The number of halogens is 2. The number of hydrogen-bond acceptors (Lipinski definition) is 4. The van der Waals surface area contributed by atoms with Crippen LogP contribution in [0.25, 0.3) is 44.5 Å². The molecule has 2 heterocycles. The maximum absolute atomic E-state index is 14.5. The minimum atomic E-state index is -0.494. The molecule has 168 valence electrons. The molecule has 0 radical (unpaired) electrons. The molecule has 5 nitrogen and oxygen atoms in total. The van der Waals surface area contributed by atoms with Gasteiger partial charge < -0.3 is 9.72 Å². The number of ether oxygens (including phenoxy) is 1. The molecule has 0 atom stereocenters. The lowest BCUT2D eigenvalue weighted by molar-refractivity contribution is 0.309. The number of fused-ring (bicyclic) bond motifs is 3. The van der Waals surface area contributed by atoms with Gasteiger partial charge in [0.15, 0.2) is 5.69 Å². The van der Waals surface area contributed by atoms with Crippen molar-refractivity contribution in [1.29, 1.82) is 5.26 Å². The predicted molar refractivity (Wildman–Crippen MR) is 132 cm³/mol. The van der Waals surface area contributed by atoms with Gasteiger partial charge in [0.2, 0.25) is 0 Å². The first-order valence-corrected chi connectivity index (χ1v) is 11.4. The third-order valence-electron chi connectivity index (χ3n) is 5.69. The molecule has 0 bridgehead atoms. The quantitative estimate of drug-likeness (QED) is 0.264. The Labute approximate surface area is 200 Å². The van der Waals surface area contributed by atoms with Crippen molar-refractivity contribution < 1.29 is 9.13 Å². The van der Waals surface area contributed by atoms with Gasteiger partial charge >= 0.3 is 0 Å². The summed E-state index contributed by atoms with van der Waals surface area (Å²) >= 11 is 6.23. The van der Waals surface area contributed by atoms with E-state index in [0.29, 0.717) is 23.2 Å². The summed E-state index contributed by atoms with van der Waals surface area (Å²) in [6.45, 7) is 2.83. The highest BCUT2D eigenvalue weighted by molar-refractivity contribution is 6.33. The van der Waals surface area contributed by atoms with Gasteiger partial charge in [-0.1, -0.05) is 49.2 Å². The van der Waals surface area contributed by atoms with E-state index in [1.54, 1.807) is 6.07 Å². The minimum absolute atomic E-state index is 0.162. The molecular formula is C27H20ClFN4O. The van der Waals surface area contributed by atoms with E-state index in [9.17, 15) is 9.65 Å². The summed E-state index contributed by atoms with van der Waals surface area (Å²) in [4.78, 5) is 12.2. The van der Waals surface area contributed by atoms with Gasteiger partial charge in [-0.2, -0.15) is 5.26 Å². The van der Waals surface area contributed by atoms with E-state index in [-0.39, 0.29) is 22.1 Å². The van der Waals surface area contributed by atoms with Crippen LogP contribution in [0.5, 0.6) is 5.75 Å². The molecule has 1 N–H and O–H groups in total. The smallest absolute Gasteiger partial charge is 0.166 e. The second kappa shape index (κ2) is 9.12. The van der Waals surface area contributed by atoms with Crippen molar-refractivity contribution in [2.45, 2.75) is 19.8 Å². The summed E-state index contributed by atoms with van der Waals surface area (Å²) in [7, 11) is 0. The largest absolute Gasteiger partial charge is 0.494 e. The summed E-state index contributed by atoms with van der Waals surface area (Å²) in [5.41, 5.74) is 3.93. The molecule has 7 heteroatoms. The lowest BCUT2D eigenvalue weighted by Crippen LogP contribution is -1.96. The van der Waals surface area contributed by atoms with Crippen molar-refractivity contribution in [1.82, 2.24) is 15.0 Å². The predicted octanol–water partition coefficient (Wildman–Crippen LogP) is 7.29. The average Bonchev–Trinajstić information content (AvgIpc) is 3.29. The number of nitrogens with one attached hydrogen (secondary N) is 1. The lowest BCUT2D eigenvalue weighted by atomic mass is 10.0. The van der Waals surface area contributed by atoms with E-state index in [2.05, 4.69) is 27.9 Å². The standard InChI is InChI=1S/C27H20ClFN4O/c1-2-3-13-34-18-10-7-16(8-11-18)17-9-12-19-22(14-17)31-23(15-30)26-25(19)32-27(33-26)24-20(28)5-4-6-21(24)29/h4-12,14H,2-3,13H2,1H3,(H,32,33). The van der Waals surface area contributed by atoms with Crippen LogP contribution in [-0.4, -0.2) is 21.6 Å². The molecular weight excluding hydrogens is 451 g/mol. The van der Waals surface area contributed by atoms with Gasteiger partial charge in [-0.25, -0.2) is 14.4 Å². The normalized spacial score (nSPS) is 11.1. The highest BCUT2D eigenvalue weighted by Gasteiger charge is 2.18. The highest BCUT2D eigenvalue weighted by Crippen LogP contribution is 2.34. The number of unbranched alkanes of at least 4 members (excludes halogenated alkanes) is 1. The molecule has 0 aliphatic heterocycles. The number of benzene rings is 3. The number of hydrogen-bond donors (Lipinski definition) is 1. The lowest BCUT2D eigenvalue weighted by Gasteiger charge is -2.08. The maximum atomic E-state index is 14.5. The van der Waals surface area contributed by atoms with Gasteiger partial charge in [0.1, 0.15) is 34.5 Å². The van der Waals surface area contributed by atoms with Gasteiger partial charge in [-0.3, -0.25) is 0 Å². The van der Waals surface area contributed by atoms with Crippen LogP contribution in [-0.2, 0) is 0 Å². The maximum Gasteiger partial charge on any atom is 0.166 e. The summed E-state index contributed by atoms with van der Waals surface area (Å²) < 4.78 is 20.2. The zero-order valence-corrected chi connectivity index (χ0v) is 19.2. The molecule has 0 fully saturated rings. The van der Waals surface area contributed by atoms with Gasteiger partial charge in [0, 0.05) is 5.39 Å². The van der Waals surface area contributed by atoms with E-state index in [0.717, 1.165) is 35.1 Å².